The average Bonchev–Trinajstić information content (AvgIpc) is 3.27. The van der Waals surface area contributed by atoms with E-state index in [1.807, 2.05) is 24.3 Å². The van der Waals surface area contributed by atoms with E-state index in [4.69, 9.17) is 9.26 Å². The highest BCUT2D eigenvalue weighted by atomic mass is 19.1. The molecule has 2 aromatic carbocycles. The van der Waals surface area contributed by atoms with Crippen LogP contribution in [-0.2, 0) is 4.74 Å². The Morgan fingerprint density at radius 2 is 1.83 bits per heavy atom. The summed E-state index contributed by atoms with van der Waals surface area (Å²) in [7, 11) is 0. The molecule has 0 spiro atoms. The van der Waals surface area contributed by atoms with Crippen LogP contribution in [0.25, 0.3) is 22.6 Å². The molecule has 0 radical (unpaired) electrons. The number of nitrogens with zero attached hydrogens (tertiary/aromatic N) is 2. The van der Waals surface area contributed by atoms with Crippen LogP contribution in [0.2, 0.25) is 0 Å². The van der Waals surface area contributed by atoms with Crippen LogP contribution in [0.4, 0.5) is 4.39 Å². The SMILES string of the molecule is Fc1ccc(-c2cccc(-c3nc(C4CCOC4)no3)c2)cc1. The molecule has 0 saturated carbocycles. The number of benzene rings is 2. The Morgan fingerprint density at radius 3 is 2.61 bits per heavy atom. The van der Waals surface area contributed by atoms with E-state index in [9.17, 15) is 4.39 Å². The zero-order valence-electron chi connectivity index (χ0n) is 12.4. The van der Waals surface area contributed by atoms with Crippen LogP contribution in [0.5, 0.6) is 0 Å². The summed E-state index contributed by atoms with van der Waals surface area (Å²) in [5.74, 6) is 1.17. The van der Waals surface area contributed by atoms with Gasteiger partial charge in [0.15, 0.2) is 5.82 Å². The van der Waals surface area contributed by atoms with Gasteiger partial charge in [-0.3, -0.25) is 0 Å². The van der Waals surface area contributed by atoms with Gasteiger partial charge in [-0.25, -0.2) is 4.39 Å². The van der Waals surface area contributed by atoms with Gasteiger partial charge in [-0.05, 0) is 41.8 Å². The summed E-state index contributed by atoms with van der Waals surface area (Å²) in [6.45, 7) is 1.39. The maximum Gasteiger partial charge on any atom is 0.257 e. The van der Waals surface area contributed by atoms with Crippen LogP contribution in [-0.4, -0.2) is 23.4 Å². The molecule has 1 aliphatic heterocycles. The van der Waals surface area contributed by atoms with Crippen LogP contribution in [0, 0.1) is 5.82 Å². The van der Waals surface area contributed by atoms with E-state index in [-0.39, 0.29) is 11.7 Å². The molecular weight excluding hydrogens is 295 g/mol. The lowest BCUT2D eigenvalue weighted by molar-refractivity contribution is 0.192. The summed E-state index contributed by atoms with van der Waals surface area (Å²) >= 11 is 0. The quantitative estimate of drug-likeness (QED) is 0.732. The molecule has 3 aromatic rings. The van der Waals surface area contributed by atoms with Crippen LogP contribution < -0.4 is 0 Å². The lowest BCUT2D eigenvalue weighted by Gasteiger charge is -2.03. The summed E-state index contributed by atoms with van der Waals surface area (Å²) in [6, 6.07) is 14.2. The Kier molecular flexibility index (Phi) is 3.63. The van der Waals surface area contributed by atoms with E-state index in [0.717, 1.165) is 29.7 Å². The average molecular weight is 310 g/mol. The van der Waals surface area contributed by atoms with Gasteiger partial charge in [0, 0.05) is 18.1 Å². The standard InChI is InChI=1S/C18H15FN2O2/c19-16-6-4-12(5-7-16)13-2-1-3-14(10-13)18-20-17(21-23-18)15-8-9-22-11-15/h1-7,10,15H,8-9,11H2. The van der Waals surface area contributed by atoms with E-state index in [1.54, 1.807) is 12.1 Å². The minimum atomic E-state index is -0.245. The zero-order valence-corrected chi connectivity index (χ0v) is 12.4. The molecule has 0 N–H and O–H groups in total. The molecule has 1 fully saturated rings. The molecule has 116 valence electrons. The van der Waals surface area contributed by atoms with Crippen molar-refractivity contribution in [2.45, 2.75) is 12.3 Å². The van der Waals surface area contributed by atoms with E-state index >= 15 is 0 Å². The Hall–Kier alpha value is -2.53. The van der Waals surface area contributed by atoms with Gasteiger partial charge >= 0.3 is 0 Å². The van der Waals surface area contributed by atoms with Crippen molar-refractivity contribution in [3.8, 4) is 22.6 Å². The molecule has 1 atom stereocenters. The van der Waals surface area contributed by atoms with Crippen molar-refractivity contribution in [3.05, 3.63) is 60.2 Å². The summed E-state index contributed by atoms with van der Waals surface area (Å²) < 4.78 is 23.8. The highest BCUT2D eigenvalue weighted by Gasteiger charge is 2.23. The summed E-state index contributed by atoms with van der Waals surface area (Å²) in [5, 5.41) is 4.07. The lowest BCUT2D eigenvalue weighted by Crippen LogP contribution is -1.99. The Balaban J connectivity index is 1.64. The summed E-state index contributed by atoms with van der Waals surface area (Å²) in [6.07, 6.45) is 0.925. The maximum atomic E-state index is 13.1. The molecule has 4 rings (SSSR count). The third-order valence-corrected chi connectivity index (χ3v) is 4.02. The normalized spacial score (nSPS) is 17.5. The van der Waals surface area contributed by atoms with Crippen molar-refractivity contribution in [2.75, 3.05) is 13.2 Å². The van der Waals surface area contributed by atoms with Gasteiger partial charge in [-0.2, -0.15) is 4.98 Å². The van der Waals surface area contributed by atoms with Crippen LogP contribution in [0.3, 0.4) is 0 Å². The number of aromatic nitrogens is 2. The molecule has 0 aliphatic carbocycles. The van der Waals surface area contributed by atoms with Gasteiger partial charge in [0.1, 0.15) is 5.82 Å². The second kappa shape index (κ2) is 5.93. The van der Waals surface area contributed by atoms with Crippen molar-refractivity contribution in [1.29, 1.82) is 0 Å². The van der Waals surface area contributed by atoms with E-state index in [1.165, 1.54) is 12.1 Å². The van der Waals surface area contributed by atoms with Crippen molar-refractivity contribution in [3.63, 3.8) is 0 Å². The number of halogens is 1. The molecule has 1 unspecified atom stereocenters. The van der Waals surface area contributed by atoms with Crippen LogP contribution >= 0.6 is 0 Å². The van der Waals surface area contributed by atoms with E-state index in [2.05, 4.69) is 10.1 Å². The monoisotopic (exact) mass is 310 g/mol. The minimum absolute atomic E-state index is 0.216. The number of hydrogen-bond acceptors (Lipinski definition) is 4. The predicted molar refractivity (Wildman–Crippen MR) is 83.3 cm³/mol. The van der Waals surface area contributed by atoms with Crippen molar-refractivity contribution < 1.29 is 13.7 Å². The first kappa shape index (κ1) is 14.1. The molecule has 5 heteroatoms. The molecular formula is C18H15FN2O2. The van der Waals surface area contributed by atoms with Gasteiger partial charge in [0.05, 0.1) is 6.61 Å². The van der Waals surface area contributed by atoms with Crippen molar-refractivity contribution in [2.24, 2.45) is 0 Å². The Morgan fingerprint density at radius 1 is 1.00 bits per heavy atom. The summed E-state index contributed by atoms with van der Waals surface area (Å²) in [5.41, 5.74) is 2.77. The fraction of sp³-hybridized carbons (Fsp3) is 0.222. The van der Waals surface area contributed by atoms with Gasteiger partial charge in [0.2, 0.25) is 0 Å². The molecule has 4 nitrogen and oxygen atoms in total. The lowest BCUT2D eigenvalue weighted by atomic mass is 10.0. The predicted octanol–water partition coefficient (Wildman–Crippen LogP) is 4.05. The molecule has 0 bridgehead atoms. The number of hydrogen-bond donors (Lipinski definition) is 0. The molecule has 2 heterocycles. The second-order valence-electron chi connectivity index (χ2n) is 5.61. The van der Waals surface area contributed by atoms with Crippen molar-refractivity contribution >= 4 is 0 Å². The molecule has 1 aromatic heterocycles. The third kappa shape index (κ3) is 2.87. The van der Waals surface area contributed by atoms with Gasteiger partial charge in [0.25, 0.3) is 5.89 Å². The van der Waals surface area contributed by atoms with Crippen LogP contribution in [0.15, 0.2) is 53.1 Å². The maximum absolute atomic E-state index is 13.1. The van der Waals surface area contributed by atoms with E-state index in [0.29, 0.717) is 18.3 Å². The fourth-order valence-electron chi connectivity index (χ4n) is 2.73. The molecule has 1 saturated heterocycles. The fourth-order valence-corrected chi connectivity index (χ4v) is 2.73. The largest absolute Gasteiger partial charge is 0.381 e. The smallest absolute Gasteiger partial charge is 0.257 e. The highest BCUT2D eigenvalue weighted by Crippen LogP contribution is 2.28. The topological polar surface area (TPSA) is 48.2 Å². The van der Waals surface area contributed by atoms with E-state index < -0.39 is 0 Å². The first-order valence-electron chi connectivity index (χ1n) is 7.57. The minimum Gasteiger partial charge on any atom is -0.381 e. The third-order valence-electron chi connectivity index (χ3n) is 4.02. The van der Waals surface area contributed by atoms with Gasteiger partial charge in [-0.1, -0.05) is 29.4 Å². The number of ether oxygens (including phenoxy) is 1. The summed E-state index contributed by atoms with van der Waals surface area (Å²) in [4.78, 5) is 4.49. The molecule has 0 amide bonds. The molecule has 1 aliphatic rings. The zero-order chi connectivity index (χ0) is 15.6. The first-order chi connectivity index (χ1) is 11.3. The van der Waals surface area contributed by atoms with Crippen LogP contribution in [0.1, 0.15) is 18.2 Å². The Bertz CT molecular complexity index is 808. The first-order valence-corrected chi connectivity index (χ1v) is 7.57. The molecule has 23 heavy (non-hydrogen) atoms. The highest BCUT2D eigenvalue weighted by molar-refractivity contribution is 5.69. The Labute approximate surface area is 132 Å². The van der Waals surface area contributed by atoms with Crippen molar-refractivity contribution in [1.82, 2.24) is 10.1 Å². The second-order valence-corrected chi connectivity index (χ2v) is 5.61. The van der Waals surface area contributed by atoms with Gasteiger partial charge in [-0.15, -0.1) is 0 Å². The van der Waals surface area contributed by atoms with Gasteiger partial charge < -0.3 is 9.26 Å². The number of rotatable bonds is 3.